The van der Waals surface area contributed by atoms with Gasteiger partial charge in [0, 0.05) is 56.1 Å². The number of hydrogen-bond acceptors (Lipinski definition) is 6. The Hall–Kier alpha value is -2.74. The number of rotatable bonds is 11. The highest BCUT2D eigenvalue weighted by Gasteiger charge is 2.11. The summed E-state index contributed by atoms with van der Waals surface area (Å²) in [5, 5.41) is 3.94. The first-order valence-corrected chi connectivity index (χ1v) is 11.0. The van der Waals surface area contributed by atoms with Crippen LogP contribution in [0.1, 0.15) is 25.8 Å². The lowest BCUT2D eigenvalue weighted by molar-refractivity contribution is 0.170. The van der Waals surface area contributed by atoms with Gasteiger partial charge in [-0.2, -0.15) is 0 Å². The van der Waals surface area contributed by atoms with Crippen LogP contribution in [-0.4, -0.2) is 41.8 Å². The minimum absolute atomic E-state index is 0.260. The first kappa shape index (κ1) is 23.9. The average molecular weight is 457 g/mol. The molecular weight excluding hydrogens is 428 g/mol. The monoisotopic (exact) mass is 456 g/mol. The molecule has 1 aromatic carbocycles. The maximum atomic E-state index is 12.4. The van der Waals surface area contributed by atoms with Gasteiger partial charge in [-0.3, -0.25) is 4.79 Å². The molecule has 0 atom stereocenters. The number of nitrogens with zero attached hydrogens (tertiary/aromatic N) is 2. The molecule has 0 unspecified atom stereocenters. The van der Waals surface area contributed by atoms with E-state index in [0.717, 1.165) is 18.5 Å². The second-order valence-corrected chi connectivity index (χ2v) is 8.31. The molecule has 0 saturated heterocycles. The van der Waals surface area contributed by atoms with Crippen LogP contribution in [0, 0.1) is 5.92 Å². The third-order valence-corrected chi connectivity index (χ3v) is 5.01. The van der Waals surface area contributed by atoms with Crippen molar-refractivity contribution in [2.45, 2.75) is 26.8 Å². The first-order chi connectivity index (χ1) is 15.5. The molecule has 2 N–H and O–H groups in total. The summed E-state index contributed by atoms with van der Waals surface area (Å²) in [7, 11) is 1.66. The number of methoxy groups -OCH3 is 1. The van der Waals surface area contributed by atoms with Crippen molar-refractivity contribution in [1.29, 1.82) is 0 Å². The number of aromatic nitrogens is 3. The molecule has 0 radical (unpaired) electrons. The zero-order chi connectivity index (χ0) is 22.9. The van der Waals surface area contributed by atoms with E-state index in [1.807, 2.05) is 24.3 Å². The predicted molar refractivity (Wildman–Crippen MR) is 127 cm³/mol. The van der Waals surface area contributed by atoms with Crippen molar-refractivity contribution in [2.24, 2.45) is 5.92 Å². The normalized spacial score (nSPS) is 11.2. The minimum Gasteiger partial charge on any atom is -0.478 e. The van der Waals surface area contributed by atoms with E-state index in [-0.39, 0.29) is 5.56 Å². The van der Waals surface area contributed by atoms with Crippen LogP contribution in [0.25, 0.3) is 22.6 Å². The van der Waals surface area contributed by atoms with E-state index >= 15 is 0 Å². The summed E-state index contributed by atoms with van der Waals surface area (Å²) in [5.41, 5.74) is 2.72. The Bertz CT molecular complexity index is 1070. The number of hydrogen-bond donors (Lipinski definition) is 2. The van der Waals surface area contributed by atoms with E-state index in [9.17, 15) is 4.79 Å². The zero-order valence-electron chi connectivity index (χ0n) is 18.7. The van der Waals surface area contributed by atoms with Gasteiger partial charge in [0.25, 0.3) is 5.56 Å². The van der Waals surface area contributed by atoms with Crippen LogP contribution in [-0.2, 0) is 11.3 Å². The van der Waals surface area contributed by atoms with Gasteiger partial charge in [-0.05, 0) is 36.2 Å². The molecule has 0 bridgehead atoms. The number of pyridine rings is 1. The molecule has 0 aliphatic carbocycles. The summed E-state index contributed by atoms with van der Waals surface area (Å²) in [4.78, 5) is 24.1. The third-order valence-electron chi connectivity index (χ3n) is 4.68. The highest BCUT2D eigenvalue weighted by molar-refractivity contribution is 6.33. The number of halogens is 1. The largest absolute Gasteiger partial charge is 0.478 e. The molecule has 0 saturated carbocycles. The Labute approximate surface area is 193 Å². The Morgan fingerprint density at radius 3 is 2.72 bits per heavy atom. The number of H-pyrrole nitrogens is 1. The van der Waals surface area contributed by atoms with Crippen LogP contribution >= 0.6 is 11.6 Å². The Morgan fingerprint density at radius 2 is 2.00 bits per heavy atom. The summed E-state index contributed by atoms with van der Waals surface area (Å²) < 4.78 is 10.6. The molecule has 0 spiro atoms. The maximum absolute atomic E-state index is 12.4. The van der Waals surface area contributed by atoms with Gasteiger partial charge in [-0.15, -0.1) is 0 Å². The molecule has 170 valence electrons. The molecule has 0 aliphatic heterocycles. The van der Waals surface area contributed by atoms with Crippen molar-refractivity contribution in [3.63, 3.8) is 0 Å². The van der Waals surface area contributed by atoms with Gasteiger partial charge in [-0.25, -0.2) is 9.97 Å². The van der Waals surface area contributed by atoms with Crippen molar-refractivity contribution in [1.82, 2.24) is 20.3 Å². The Kier molecular flexibility index (Phi) is 8.79. The van der Waals surface area contributed by atoms with Crippen LogP contribution in [0.4, 0.5) is 0 Å². The molecular formula is C24H29ClN4O3. The summed E-state index contributed by atoms with van der Waals surface area (Å²) >= 11 is 6.44. The van der Waals surface area contributed by atoms with Crippen molar-refractivity contribution < 1.29 is 9.47 Å². The van der Waals surface area contributed by atoms with E-state index in [4.69, 9.17) is 21.1 Å². The lowest BCUT2D eigenvalue weighted by Crippen LogP contribution is -2.19. The van der Waals surface area contributed by atoms with E-state index < -0.39 is 0 Å². The molecule has 0 aliphatic rings. The SMILES string of the molecule is COCCCOc1ccc(-c2cc(=O)[nH]c(-c3cc(CNCC(C)C)ccc3Cl)n2)cn1. The van der Waals surface area contributed by atoms with Crippen molar-refractivity contribution in [3.8, 4) is 28.5 Å². The molecule has 0 fully saturated rings. The lowest BCUT2D eigenvalue weighted by Gasteiger charge is -2.11. The standard InChI is InChI=1S/C24H29ClN4O3/c1-16(2)13-26-14-17-5-7-20(25)19(11-17)24-28-21(12-22(30)29-24)18-6-8-23(27-15-18)32-10-4-9-31-3/h5-8,11-12,15-16,26H,4,9-10,13-14H2,1-3H3,(H,28,29,30). The lowest BCUT2D eigenvalue weighted by atomic mass is 10.1. The van der Waals surface area contributed by atoms with Gasteiger partial charge in [0.15, 0.2) is 0 Å². The molecule has 2 aromatic heterocycles. The van der Waals surface area contributed by atoms with Gasteiger partial charge in [0.1, 0.15) is 5.82 Å². The average Bonchev–Trinajstić information content (AvgIpc) is 2.77. The van der Waals surface area contributed by atoms with E-state index in [0.29, 0.717) is 59.2 Å². The van der Waals surface area contributed by atoms with E-state index in [1.165, 1.54) is 6.07 Å². The van der Waals surface area contributed by atoms with Gasteiger partial charge >= 0.3 is 0 Å². The van der Waals surface area contributed by atoms with Gasteiger partial charge in [0.2, 0.25) is 5.88 Å². The van der Waals surface area contributed by atoms with Crippen molar-refractivity contribution >= 4 is 11.6 Å². The van der Waals surface area contributed by atoms with Crippen molar-refractivity contribution in [2.75, 3.05) is 26.9 Å². The molecule has 2 heterocycles. The fourth-order valence-electron chi connectivity index (χ4n) is 3.10. The van der Waals surface area contributed by atoms with Crippen LogP contribution in [0.2, 0.25) is 5.02 Å². The summed E-state index contributed by atoms with van der Waals surface area (Å²) in [6, 6.07) is 10.8. The number of ether oxygens (including phenoxy) is 2. The van der Waals surface area contributed by atoms with E-state index in [1.54, 1.807) is 19.4 Å². The predicted octanol–water partition coefficient (Wildman–Crippen LogP) is 4.31. The Balaban J connectivity index is 1.81. The van der Waals surface area contributed by atoms with E-state index in [2.05, 4.69) is 34.1 Å². The van der Waals surface area contributed by atoms with Gasteiger partial charge in [-0.1, -0.05) is 31.5 Å². The smallest absolute Gasteiger partial charge is 0.251 e. The number of nitrogens with one attached hydrogen (secondary N) is 2. The quantitative estimate of drug-likeness (QED) is 0.418. The van der Waals surface area contributed by atoms with Crippen LogP contribution in [0.3, 0.4) is 0 Å². The Morgan fingerprint density at radius 1 is 1.16 bits per heavy atom. The zero-order valence-corrected chi connectivity index (χ0v) is 19.4. The molecule has 7 nitrogen and oxygen atoms in total. The first-order valence-electron chi connectivity index (χ1n) is 10.7. The van der Waals surface area contributed by atoms with Crippen LogP contribution in [0.15, 0.2) is 47.4 Å². The number of benzene rings is 1. The molecule has 3 aromatic rings. The summed E-state index contributed by atoms with van der Waals surface area (Å²) in [6.45, 7) is 7.11. The molecule has 8 heteroatoms. The highest BCUT2D eigenvalue weighted by Crippen LogP contribution is 2.27. The fraction of sp³-hybridized carbons (Fsp3) is 0.375. The third kappa shape index (κ3) is 6.88. The molecule has 0 amide bonds. The van der Waals surface area contributed by atoms with Crippen LogP contribution in [0.5, 0.6) is 5.88 Å². The van der Waals surface area contributed by atoms with Crippen LogP contribution < -0.4 is 15.6 Å². The number of aromatic amines is 1. The van der Waals surface area contributed by atoms with Crippen molar-refractivity contribution in [3.05, 3.63) is 63.5 Å². The highest BCUT2D eigenvalue weighted by atomic mass is 35.5. The topological polar surface area (TPSA) is 89.1 Å². The molecule has 32 heavy (non-hydrogen) atoms. The minimum atomic E-state index is -0.260. The molecule has 3 rings (SSSR count). The summed E-state index contributed by atoms with van der Waals surface area (Å²) in [5.74, 6) is 1.50. The second-order valence-electron chi connectivity index (χ2n) is 7.90. The maximum Gasteiger partial charge on any atom is 0.251 e. The summed E-state index contributed by atoms with van der Waals surface area (Å²) in [6.07, 6.45) is 2.43. The van der Waals surface area contributed by atoms with Gasteiger partial charge in [0.05, 0.1) is 17.3 Å². The second kappa shape index (κ2) is 11.8. The fourth-order valence-corrected chi connectivity index (χ4v) is 3.31. The van der Waals surface area contributed by atoms with Gasteiger partial charge < -0.3 is 19.8 Å².